The number of likely N-dealkylation sites (tertiary alicyclic amines) is 1. The Kier molecular flexibility index (Phi) is 7.28. The first-order valence-corrected chi connectivity index (χ1v) is 15.0. The van der Waals surface area contributed by atoms with Crippen molar-refractivity contribution in [2.45, 2.75) is 50.5 Å². The molecule has 0 aromatic heterocycles. The molecule has 1 unspecified atom stereocenters. The fourth-order valence-electron chi connectivity index (χ4n) is 7.37. The number of ether oxygens (including phenoxy) is 1. The monoisotopic (exact) mass is 589 g/mol. The third kappa shape index (κ3) is 4.14. The molecule has 8 nitrogen and oxygen atoms in total. The third-order valence-corrected chi connectivity index (χ3v) is 9.65. The Hall–Kier alpha value is -3.46. The summed E-state index contributed by atoms with van der Waals surface area (Å²) in [5.74, 6) is -2.86. The van der Waals surface area contributed by atoms with Gasteiger partial charge >= 0.3 is 0 Å². The van der Waals surface area contributed by atoms with E-state index in [0.717, 1.165) is 5.69 Å². The molecule has 0 aliphatic carbocycles. The summed E-state index contributed by atoms with van der Waals surface area (Å²) in [6.07, 6.45) is 7.99. The number of aliphatic hydroxyl groups excluding tert-OH is 1. The second-order valence-corrected chi connectivity index (χ2v) is 12.3. The first kappa shape index (κ1) is 28.6. The second kappa shape index (κ2) is 10.7. The average Bonchev–Trinajstić information content (AvgIpc) is 3.27. The van der Waals surface area contributed by atoms with E-state index in [9.17, 15) is 19.5 Å². The van der Waals surface area contributed by atoms with Crippen LogP contribution < -0.4 is 9.80 Å². The van der Waals surface area contributed by atoms with E-state index in [-0.39, 0.29) is 36.8 Å². The summed E-state index contributed by atoms with van der Waals surface area (Å²) in [6.45, 7) is 6.05. The van der Waals surface area contributed by atoms with Crippen molar-refractivity contribution in [2.75, 3.05) is 29.5 Å². The number of hydrogen-bond donors (Lipinski definition) is 1. The fraction of sp³-hybridized carbons (Fsp3) is 0.424. The van der Waals surface area contributed by atoms with Gasteiger partial charge in [0.05, 0.1) is 30.1 Å². The highest BCUT2D eigenvalue weighted by atomic mass is 35.5. The number of hydrogen-bond acceptors (Lipinski definition) is 5. The van der Waals surface area contributed by atoms with Crippen LogP contribution >= 0.6 is 11.6 Å². The van der Waals surface area contributed by atoms with E-state index in [1.807, 2.05) is 75.4 Å². The normalized spacial score (nSPS) is 31.2. The van der Waals surface area contributed by atoms with Gasteiger partial charge in [-0.15, -0.1) is 0 Å². The molecule has 6 rings (SSSR count). The molecule has 4 aliphatic heterocycles. The molecule has 4 heterocycles. The highest BCUT2D eigenvalue weighted by molar-refractivity contribution is 6.30. The van der Waals surface area contributed by atoms with Crippen molar-refractivity contribution in [2.24, 2.45) is 17.8 Å². The molecule has 0 saturated carbocycles. The average molecular weight is 590 g/mol. The zero-order valence-electron chi connectivity index (χ0n) is 24.0. The second-order valence-electron chi connectivity index (χ2n) is 11.9. The molecular weight excluding hydrogens is 554 g/mol. The van der Waals surface area contributed by atoms with Crippen LogP contribution in [0.15, 0.2) is 78.9 Å². The number of carbonyl (C=O) groups is 3. The largest absolute Gasteiger partial charge is 0.394 e. The minimum Gasteiger partial charge on any atom is -0.394 e. The predicted octanol–water partition coefficient (Wildman–Crippen LogP) is 4.22. The molecule has 2 aromatic carbocycles. The summed E-state index contributed by atoms with van der Waals surface area (Å²) >= 11 is 6.14. The summed E-state index contributed by atoms with van der Waals surface area (Å²) < 4.78 is 7.05. The SMILES string of the molecule is CC[C@@]12C=CCN(c3ccccc3)C(=O)[C@@H]1[C@H]1C(=O)N([C@@H](CO)C(C)C)C3C(=O)N(c4ccc(Cl)cc4)CC=C[C@@]31O2. The van der Waals surface area contributed by atoms with Crippen LogP contribution in [0.5, 0.6) is 0 Å². The lowest BCUT2D eigenvalue weighted by molar-refractivity contribution is -0.150. The van der Waals surface area contributed by atoms with E-state index < -0.39 is 35.1 Å². The summed E-state index contributed by atoms with van der Waals surface area (Å²) in [5, 5.41) is 11.1. The topological polar surface area (TPSA) is 90.4 Å². The molecule has 1 N–H and O–H groups in total. The highest BCUT2D eigenvalue weighted by Crippen LogP contribution is 2.59. The van der Waals surface area contributed by atoms with E-state index in [2.05, 4.69) is 0 Å². The van der Waals surface area contributed by atoms with Crippen LogP contribution in [-0.2, 0) is 19.1 Å². The predicted molar refractivity (Wildman–Crippen MR) is 161 cm³/mol. The number of anilines is 2. The lowest BCUT2D eigenvalue weighted by atomic mass is 9.73. The molecule has 6 atom stereocenters. The Morgan fingerprint density at radius 2 is 1.50 bits per heavy atom. The number of amides is 3. The molecule has 0 radical (unpaired) electrons. The van der Waals surface area contributed by atoms with Gasteiger partial charge < -0.3 is 24.5 Å². The van der Waals surface area contributed by atoms with Crippen LogP contribution in [-0.4, -0.2) is 70.7 Å². The molecule has 42 heavy (non-hydrogen) atoms. The lowest BCUT2D eigenvalue weighted by Crippen LogP contribution is -2.60. The van der Waals surface area contributed by atoms with Gasteiger partial charge in [0.2, 0.25) is 11.8 Å². The van der Waals surface area contributed by atoms with Crippen molar-refractivity contribution >= 4 is 40.7 Å². The first-order valence-electron chi connectivity index (χ1n) is 14.6. The van der Waals surface area contributed by atoms with Crippen molar-refractivity contribution in [1.82, 2.24) is 4.90 Å². The van der Waals surface area contributed by atoms with Crippen molar-refractivity contribution < 1.29 is 24.2 Å². The van der Waals surface area contributed by atoms with Gasteiger partial charge in [-0.05, 0) is 48.7 Å². The van der Waals surface area contributed by atoms with Gasteiger partial charge in [-0.2, -0.15) is 0 Å². The number of fused-ring (bicyclic) bond motifs is 2. The van der Waals surface area contributed by atoms with Gasteiger partial charge in [-0.25, -0.2) is 0 Å². The molecular formula is C33H36ClN3O5. The Bertz CT molecular complexity index is 1440. The summed E-state index contributed by atoms with van der Waals surface area (Å²) in [4.78, 5) is 48.8. The van der Waals surface area contributed by atoms with Crippen molar-refractivity contribution in [3.05, 3.63) is 83.9 Å². The van der Waals surface area contributed by atoms with Crippen LogP contribution in [0, 0.1) is 17.8 Å². The molecule has 0 bridgehead atoms. The Labute approximate surface area is 251 Å². The minimum atomic E-state index is -1.40. The van der Waals surface area contributed by atoms with E-state index in [4.69, 9.17) is 16.3 Å². The van der Waals surface area contributed by atoms with Gasteiger partial charge in [0, 0.05) is 29.5 Å². The highest BCUT2D eigenvalue weighted by Gasteiger charge is 2.76. The number of para-hydroxylation sites is 1. The van der Waals surface area contributed by atoms with Gasteiger partial charge in [-0.1, -0.05) is 74.9 Å². The molecule has 4 aliphatic rings. The van der Waals surface area contributed by atoms with Crippen molar-refractivity contribution in [1.29, 1.82) is 0 Å². The summed E-state index contributed by atoms with van der Waals surface area (Å²) in [6, 6.07) is 14.7. The first-order chi connectivity index (χ1) is 20.2. The van der Waals surface area contributed by atoms with E-state index in [0.29, 0.717) is 23.7 Å². The van der Waals surface area contributed by atoms with E-state index in [1.54, 1.807) is 34.1 Å². The van der Waals surface area contributed by atoms with Gasteiger partial charge in [-0.3, -0.25) is 14.4 Å². The molecule has 9 heteroatoms. The Morgan fingerprint density at radius 3 is 2.12 bits per heavy atom. The maximum atomic E-state index is 14.7. The number of benzene rings is 2. The molecule has 2 aromatic rings. The smallest absolute Gasteiger partial charge is 0.253 e. The van der Waals surface area contributed by atoms with Crippen LogP contribution in [0.4, 0.5) is 11.4 Å². The van der Waals surface area contributed by atoms with Crippen molar-refractivity contribution in [3.63, 3.8) is 0 Å². The zero-order chi connectivity index (χ0) is 29.8. The van der Waals surface area contributed by atoms with Crippen LogP contribution in [0.2, 0.25) is 5.02 Å². The quantitative estimate of drug-likeness (QED) is 0.510. The van der Waals surface area contributed by atoms with Crippen LogP contribution in [0.3, 0.4) is 0 Å². The van der Waals surface area contributed by atoms with Gasteiger partial charge in [0.15, 0.2) is 0 Å². The molecule has 220 valence electrons. The standard InChI is InChI=1S/C33H36ClN3O5/c1-4-32-16-8-18-35(23-10-6-5-7-11-23)29(39)26(32)27-30(40)37(25(20-38)21(2)3)28-31(41)36(19-9-17-33(27,28)42-32)24-14-12-22(34)13-15-24/h5-17,21,25-28,38H,4,18-20H2,1-3H3/t25-,26-,27-,28?,32+,33-/m0/s1. The van der Waals surface area contributed by atoms with Gasteiger partial charge in [0.25, 0.3) is 5.91 Å². The maximum Gasteiger partial charge on any atom is 0.253 e. The third-order valence-electron chi connectivity index (χ3n) is 9.40. The molecule has 1 spiro atoms. The molecule has 2 fully saturated rings. The van der Waals surface area contributed by atoms with Gasteiger partial charge in [0.1, 0.15) is 11.6 Å². The lowest BCUT2D eigenvalue weighted by Gasteiger charge is -2.41. The minimum absolute atomic E-state index is 0.152. The van der Waals surface area contributed by atoms with E-state index in [1.165, 1.54) is 4.90 Å². The molecule has 2 saturated heterocycles. The summed E-state index contributed by atoms with van der Waals surface area (Å²) in [5.41, 5.74) is -1.12. The number of nitrogens with zero attached hydrogens (tertiary/aromatic N) is 3. The van der Waals surface area contributed by atoms with E-state index >= 15 is 0 Å². The Balaban J connectivity index is 1.53. The number of rotatable bonds is 6. The number of halogens is 1. The zero-order valence-corrected chi connectivity index (χ0v) is 24.8. The summed E-state index contributed by atoms with van der Waals surface area (Å²) in [7, 11) is 0. The fourth-order valence-corrected chi connectivity index (χ4v) is 7.50. The Morgan fingerprint density at radius 1 is 0.881 bits per heavy atom. The van der Waals surface area contributed by atoms with Crippen molar-refractivity contribution in [3.8, 4) is 0 Å². The maximum absolute atomic E-state index is 14.7. The molecule has 3 amide bonds. The van der Waals surface area contributed by atoms with Crippen LogP contribution in [0.1, 0.15) is 27.2 Å². The number of aliphatic hydroxyl groups is 1. The van der Waals surface area contributed by atoms with Crippen LogP contribution in [0.25, 0.3) is 0 Å². The number of carbonyl (C=O) groups excluding carboxylic acids is 3.